The average molecular weight is 100 g/mol. The molecule has 0 spiro atoms. The number of rotatable bonds is 0. The van der Waals surface area contributed by atoms with Crippen molar-refractivity contribution in [1.29, 1.82) is 0 Å². The molecule has 0 bridgehead atoms. The van der Waals surface area contributed by atoms with Crippen molar-refractivity contribution < 1.29 is 4.99 Å². The van der Waals surface area contributed by atoms with E-state index in [-0.39, 0.29) is 0 Å². The summed E-state index contributed by atoms with van der Waals surface area (Å²) in [5, 5.41) is 6.20. The first-order valence-corrected chi connectivity index (χ1v) is 2.46. The van der Waals surface area contributed by atoms with Gasteiger partial charge in [-0.15, -0.1) is 0 Å². The zero-order valence-electron chi connectivity index (χ0n) is 4.41. The van der Waals surface area contributed by atoms with E-state index in [1.165, 1.54) is 0 Å². The zero-order valence-corrected chi connectivity index (χ0v) is 4.41. The summed E-state index contributed by atoms with van der Waals surface area (Å²) in [6.45, 7) is 2.08. The van der Waals surface area contributed by atoms with Crippen molar-refractivity contribution in [3.8, 4) is 0 Å². The molecule has 1 fully saturated rings. The molecule has 0 aromatic heterocycles. The number of hydrogen-bond acceptors (Lipinski definition) is 0. The normalized spacial score (nSPS) is 18.1. The third-order valence-electron chi connectivity index (χ3n) is 0.979. The fourth-order valence-electron chi connectivity index (χ4n) is 0.614. The molecule has 0 unspecified atom stereocenters. The lowest BCUT2D eigenvalue weighted by Crippen LogP contribution is -2.73. The summed E-state index contributed by atoms with van der Waals surface area (Å²) in [5.41, 5.74) is 0. The minimum absolute atomic E-state index is 1.04. The predicted molar refractivity (Wildman–Crippen MR) is 27.9 cm³/mol. The van der Waals surface area contributed by atoms with E-state index in [9.17, 15) is 0 Å². The van der Waals surface area contributed by atoms with Crippen LogP contribution < -0.4 is 15.6 Å². The van der Waals surface area contributed by atoms with E-state index in [0.717, 1.165) is 19.0 Å². The maximum Gasteiger partial charge on any atom is 0.343 e. The zero-order chi connectivity index (χ0) is 5.11. The summed E-state index contributed by atoms with van der Waals surface area (Å²) in [7, 11) is 1.89. The van der Waals surface area contributed by atoms with Crippen LogP contribution in [0.5, 0.6) is 0 Å². The molecule has 0 radical (unpaired) electrons. The summed E-state index contributed by atoms with van der Waals surface area (Å²) in [5.74, 6) is 1.04. The summed E-state index contributed by atoms with van der Waals surface area (Å²) in [6.07, 6.45) is 0. The molecule has 0 aromatic rings. The molecule has 0 saturated carbocycles. The fourth-order valence-corrected chi connectivity index (χ4v) is 0.614. The molecule has 0 aromatic carbocycles. The van der Waals surface area contributed by atoms with Crippen LogP contribution in [0.15, 0.2) is 0 Å². The van der Waals surface area contributed by atoms with Gasteiger partial charge in [0.15, 0.2) is 0 Å². The van der Waals surface area contributed by atoms with Crippen LogP contribution in [0.1, 0.15) is 0 Å². The van der Waals surface area contributed by atoms with Crippen LogP contribution in [0.25, 0.3) is 0 Å². The molecule has 3 nitrogen and oxygen atoms in total. The van der Waals surface area contributed by atoms with E-state index < -0.39 is 0 Å². The van der Waals surface area contributed by atoms with E-state index in [1.807, 2.05) is 7.05 Å². The first kappa shape index (κ1) is 4.43. The average Bonchev–Trinajstić information content (AvgIpc) is 2.14. The highest BCUT2D eigenvalue weighted by molar-refractivity contribution is 5.75. The Morgan fingerprint density at radius 3 is 2.29 bits per heavy atom. The lowest BCUT2D eigenvalue weighted by molar-refractivity contribution is -0.424. The van der Waals surface area contributed by atoms with Crippen molar-refractivity contribution in [3.63, 3.8) is 0 Å². The number of nitrogens with one attached hydrogen (secondary N) is 3. The molecule has 1 aliphatic rings. The van der Waals surface area contributed by atoms with Crippen molar-refractivity contribution in [2.75, 3.05) is 20.1 Å². The molecule has 7 heavy (non-hydrogen) atoms. The Hall–Kier alpha value is -0.730. The molecule has 0 aliphatic carbocycles. The second-order valence-electron chi connectivity index (χ2n) is 1.48. The Bertz CT molecular complexity index is 78.9. The molecule has 3 heteroatoms. The van der Waals surface area contributed by atoms with Gasteiger partial charge in [0.2, 0.25) is 0 Å². The maximum atomic E-state index is 3.10. The van der Waals surface area contributed by atoms with Crippen molar-refractivity contribution >= 4 is 5.96 Å². The Balaban J connectivity index is 2.41. The molecular weight excluding hydrogens is 90.1 g/mol. The molecule has 1 heterocycles. The Labute approximate surface area is 42.8 Å². The highest BCUT2D eigenvalue weighted by Gasteiger charge is 2.09. The van der Waals surface area contributed by atoms with Gasteiger partial charge >= 0.3 is 5.96 Å². The minimum atomic E-state index is 1.04. The van der Waals surface area contributed by atoms with Crippen LogP contribution in [0.2, 0.25) is 0 Å². The van der Waals surface area contributed by atoms with Crippen LogP contribution in [0, 0.1) is 0 Å². The van der Waals surface area contributed by atoms with Gasteiger partial charge in [-0.1, -0.05) is 0 Å². The summed E-state index contributed by atoms with van der Waals surface area (Å²) in [6, 6.07) is 0. The third kappa shape index (κ3) is 0.824. The summed E-state index contributed by atoms with van der Waals surface area (Å²) in [4.78, 5) is 2.96. The topological polar surface area (TPSA) is 38.0 Å². The smallest absolute Gasteiger partial charge is 0.281 e. The molecule has 0 atom stereocenters. The van der Waals surface area contributed by atoms with Crippen molar-refractivity contribution in [2.45, 2.75) is 0 Å². The second-order valence-corrected chi connectivity index (χ2v) is 1.48. The lowest BCUT2D eigenvalue weighted by atomic mass is 10.7. The molecule has 40 valence electrons. The van der Waals surface area contributed by atoms with Crippen LogP contribution >= 0.6 is 0 Å². The van der Waals surface area contributed by atoms with Crippen molar-refractivity contribution in [2.24, 2.45) is 0 Å². The molecule has 0 amide bonds. The van der Waals surface area contributed by atoms with Gasteiger partial charge in [0.05, 0.1) is 20.1 Å². The highest BCUT2D eigenvalue weighted by Crippen LogP contribution is 1.63. The highest BCUT2D eigenvalue weighted by atomic mass is 15.2. The van der Waals surface area contributed by atoms with Gasteiger partial charge in [0.25, 0.3) is 0 Å². The Morgan fingerprint density at radius 2 is 2.00 bits per heavy atom. The second kappa shape index (κ2) is 1.82. The van der Waals surface area contributed by atoms with Gasteiger partial charge in [-0.3, -0.25) is 15.6 Å². The number of hydrogen-bond donors (Lipinski definition) is 3. The first-order valence-electron chi connectivity index (χ1n) is 2.46. The van der Waals surface area contributed by atoms with E-state index >= 15 is 0 Å². The van der Waals surface area contributed by atoms with Gasteiger partial charge in [0, 0.05) is 0 Å². The molecule has 3 N–H and O–H groups in total. The first-order chi connectivity index (χ1) is 3.43. The van der Waals surface area contributed by atoms with Crippen molar-refractivity contribution in [3.05, 3.63) is 0 Å². The molecular formula is C4H10N3+. The minimum Gasteiger partial charge on any atom is -0.281 e. The van der Waals surface area contributed by atoms with E-state index in [2.05, 4.69) is 15.6 Å². The van der Waals surface area contributed by atoms with Crippen LogP contribution in [0.4, 0.5) is 0 Å². The Kier molecular flexibility index (Phi) is 1.15. The standard InChI is InChI=1S/C4H9N3/c1-5-4-6-2-3-7-4/h2-3H2,1H3,(H2,5,6,7)/p+1. The monoisotopic (exact) mass is 100 g/mol. The Morgan fingerprint density at radius 1 is 1.43 bits per heavy atom. The van der Waals surface area contributed by atoms with Crippen molar-refractivity contribution in [1.82, 2.24) is 10.6 Å². The fraction of sp³-hybridized carbons (Fsp3) is 0.750. The van der Waals surface area contributed by atoms with Crippen LogP contribution in [-0.2, 0) is 0 Å². The van der Waals surface area contributed by atoms with Gasteiger partial charge in [-0.2, -0.15) is 0 Å². The number of guanidine groups is 1. The van der Waals surface area contributed by atoms with E-state index in [0.29, 0.717) is 0 Å². The summed E-state index contributed by atoms with van der Waals surface area (Å²) >= 11 is 0. The molecule has 1 rings (SSSR count). The van der Waals surface area contributed by atoms with E-state index in [4.69, 9.17) is 0 Å². The van der Waals surface area contributed by atoms with Gasteiger partial charge in [-0.25, -0.2) is 0 Å². The predicted octanol–water partition coefficient (Wildman–Crippen LogP) is -2.75. The summed E-state index contributed by atoms with van der Waals surface area (Å²) < 4.78 is 0. The maximum absolute atomic E-state index is 3.10. The van der Waals surface area contributed by atoms with Gasteiger partial charge in [0.1, 0.15) is 0 Å². The van der Waals surface area contributed by atoms with Crippen LogP contribution in [0.3, 0.4) is 0 Å². The SMILES string of the molecule is C[NH+]=C1NCCN1. The lowest BCUT2D eigenvalue weighted by Gasteiger charge is -1.82. The van der Waals surface area contributed by atoms with Gasteiger partial charge < -0.3 is 0 Å². The molecule has 1 aliphatic heterocycles. The third-order valence-corrected chi connectivity index (χ3v) is 0.979. The molecule has 1 saturated heterocycles. The van der Waals surface area contributed by atoms with E-state index in [1.54, 1.807) is 0 Å². The van der Waals surface area contributed by atoms with Crippen LogP contribution in [-0.4, -0.2) is 26.1 Å². The largest absolute Gasteiger partial charge is 0.343 e. The quantitative estimate of drug-likeness (QED) is 0.309. The van der Waals surface area contributed by atoms with Gasteiger partial charge in [-0.05, 0) is 0 Å².